The highest BCUT2D eigenvalue weighted by atomic mass is 32.2. The molecule has 0 aliphatic rings. The summed E-state index contributed by atoms with van der Waals surface area (Å²) >= 11 is 1.27. The third-order valence-corrected chi connectivity index (χ3v) is 5.35. The Morgan fingerprint density at radius 3 is 2.69 bits per heavy atom. The zero-order valence-corrected chi connectivity index (χ0v) is 18.1. The van der Waals surface area contributed by atoms with Crippen molar-refractivity contribution in [3.63, 3.8) is 0 Å². The Hall–Kier alpha value is -3.85. The van der Waals surface area contributed by atoms with Gasteiger partial charge in [0.25, 0.3) is 0 Å². The second-order valence-corrected chi connectivity index (χ2v) is 7.64. The third-order valence-electron chi connectivity index (χ3n) is 4.42. The Morgan fingerprint density at radius 2 is 1.97 bits per heavy atom. The van der Waals surface area contributed by atoms with Crippen molar-refractivity contribution in [2.75, 3.05) is 17.7 Å². The van der Waals surface area contributed by atoms with Crippen molar-refractivity contribution >= 4 is 23.4 Å². The van der Waals surface area contributed by atoms with Gasteiger partial charge in [0.05, 0.1) is 12.4 Å². The van der Waals surface area contributed by atoms with Crippen molar-refractivity contribution in [3.8, 4) is 28.6 Å². The van der Waals surface area contributed by atoms with E-state index in [1.165, 1.54) is 17.8 Å². The molecule has 0 fully saturated rings. The van der Waals surface area contributed by atoms with Gasteiger partial charge in [-0.15, -0.1) is 10.2 Å². The van der Waals surface area contributed by atoms with Gasteiger partial charge >= 0.3 is 0 Å². The van der Waals surface area contributed by atoms with Gasteiger partial charge in [0.15, 0.2) is 11.0 Å². The molecule has 4 rings (SSSR count). The molecule has 0 atom stereocenters. The maximum absolute atomic E-state index is 12.4. The van der Waals surface area contributed by atoms with E-state index >= 15 is 0 Å². The summed E-state index contributed by atoms with van der Waals surface area (Å²) in [6, 6.07) is 17.8. The van der Waals surface area contributed by atoms with Crippen molar-refractivity contribution in [1.29, 1.82) is 0 Å². The minimum atomic E-state index is -0.218. The molecular weight excluding hydrogens is 426 g/mol. The van der Waals surface area contributed by atoms with Crippen LogP contribution in [0, 0.1) is 0 Å². The van der Waals surface area contributed by atoms with Crippen molar-refractivity contribution in [1.82, 2.24) is 19.7 Å². The van der Waals surface area contributed by atoms with Gasteiger partial charge in [0.1, 0.15) is 11.5 Å². The van der Waals surface area contributed by atoms with Crippen LogP contribution in [0.3, 0.4) is 0 Å². The summed E-state index contributed by atoms with van der Waals surface area (Å²) < 4.78 is 7.43. The maximum Gasteiger partial charge on any atom is 0.234 e. The first kappa shape index (κ1) is 21.4. The van der Waals surface area contributed by atoms with Crippen LogP contribution < -0.4 is 10.1 Å². The Morgan fingerprint density at radius 1 is 1.12 bits per heavy atom. The van der Waals surface area contributed by atoms with E-state index in [-0.39, 0.29) is 17.4 Å². The van der Waals surface area contributed by atoms with Gasteiger partial charge in [0, 0.05) is 35.4 Å². The molecule has 2 heterocycles. The lowest BCUT2D eigenvalue weighted by Crippen LogP contribution is -2.14. The van der Waals surface area contributed by atoms with E-state index in [0.717, 1.165) is 17.0 Å². The van der Waals surface area contributed by atoms with Gasteiger partial charge < -0.3 is 15.2 Å². The van der Waals surface area contributed by atoms with E-state index in [0.29, 0.717) is 23.3 Å². The highest BCUT2D eigenvalue weighted by Crippen LogP contribution is 2.29. The van der Waals surface area contributed by atoms with E-state index in [2.05, 4.69) is 20.5 Å². The third kappa shape index (κ3) is 5.06. The molecule has 32 heavy (non-hydrogen) atoms. The van der Waals surface area contributed by atoms with Gasteiger partial charge in [-0.2, -0.15) is 0 Å². The van der Waals surface area contributed by atoms with Crippen molar-refractivity contribution in [3.05, 3.63) is 73.1 Å². The molecule has 9 heteroatoms. The number of nitrogens with zero attached hydrogens (tertiary/aromatic N) is 4. The monoisotopic (exact) mass is 447 g/mol. The Balaban J connectivity index is 1.59. The van der Waals surface area contributed by atoms with Crippen LogP contribution in [-0.2, 0) is 4.79 Å². The molecule has 0 aliphatic heterocycles. The average Bonchev–Trinajstić information content (AvgIpc) is 3.23. The fraction of sp³-hybridized carbons (Fsp3) is 0.130. The summed E-state index contributed by atoms with van der Waals surface area (Å²) in [6.07, 6.45) is 3.42. The first-order valence-electron chi connectivity index (χ1n) is 9.95. The van der Waals surface area contributed by atoms with Crippen molar-refractivity contribution in [2.45, 2.75) is 12.1 Å². The molecule has 0 aliphatic carbocycles. The molecular formula is C23H21N5O3S. The van der Waals surface area contributed by atoms with Crippen LogP contribution in [0.1, 0.15) is 6.92 Å². The minimum Gasteiger partial charge on any atom is -0.508 e. The lowest BCUT2D eigenvalue weighted by molar-refractivity contribution is -0.113. The summed E-state index contributed by atoms with van der Waals surface area (Å²) in [5.41, 5.74) is 2.18. The van der Waals surface area contributed by atoms with Gasteiger partial charge in [-0.25, -0.2) is 0 Å². The number of anilines is 1. The number of hydrogen-bond acceptors (Lipinski definition) is 7. The maximum atomic E-state index is 12.4. The summed E-state index contributed by atoms with van der Waals surface area (Å²) in [4.78, 5) is 16.6. The molecule has 0 saturated heterocycles. The van der Waals surface area contributed by atoms with E-state index in [4.69, 9.17) is 4.74 Å². The van der Waals surface area contributed by atoms with E-state index in [1.54, 1.807) is 30.6 Å². The zero-order chi connectivity index (χ0) is 22.3. The molecule has 0 bridgehead atoms. The number of nitrogens with one attached hydrogen (secondary N) is 1. The fourth-order valence-corrected chi connectivity index (χ4v) is 3.80. The SMILES string of the molecule is CCOc1ccc(-n2c(SCC(=O)Nc3cccc(O)c3)nnc2-c2cccnc2)cc1. The summed E-state index contributed by atoms with van der Waals surface area (Å²) in [6.45, 7) is 2.52. The highest BCUT2D eigenvalue weighted by Gasteiger charge is 2.17. The van der Waals surface area contributed by atoms with Crippen LogP contribution in [0.4, 0.5) is 5.69 Å². The van der Waals surface area contributed by atoms with Gasteiger partial charge in [0.2, 0.25) is 5.91 Å². The average molecular weight is 448 g/mol. The van der Waals surface area contributed by atoms with Gasteiger partial charge in [-0.1, -0.05) is 17.8 Å². The predicted molar refractivity (Wildman–Crippen MR) is 123 cm³/mol. The number of ether oxygens (including phenoxy) is 1. The number of benzene rings is 2. The number of aromatic hydroxyl groups is 1. The number of amides is 1. The summed E-state index contributed by atoms with van der Waals surface area (Å²) in [5, 5.41) is 21.6. The van der Waals surface area contributed by atoms with Gasteiger partial charge in [-0.05, 0) is 55.5 Å². The topological polar surface area (TPSA) is 102 Å². The molecule has 2 aromatic heterocycles. The second-order valence-electron chi connectivity index (χ2n) is 6.70. The highest BCUT2D eigenvalue weighted by molar-refractivity contribution is 7.99. The van der Waals surface area contributed by atoms with E-state index < -0.39 is 0 Å². The van der Waals surface area contributed by atoms with E-state index in [1.807, 2.05) is 47.9 Å². The van der Waals surface area contributed by atoms with Crippen molar-refractivity contribution < 1.29 is 14.6 Å². The van der Waals surface area contributed by atoms with Crippen LogP contribution in [0.5, 0.6) is 11.5 Å². The van der Waals surface area contributed by atoms with Crippen LogP contribution in [0.15, 0.2) is 78.2 Å². The standard InChI is InChI=1S/C23H21N5O3S/c1-2-31-20-10-8-18(9-11-20)28-22(16-5-4-12-24-14-16)26-27-23(28)32-15-21(30)25-17-6-3-7-19(29)13-17/h3-14,29H,2,15H2,1H3,(H,25,30). The molecule has 162 valence electrons. The number of phenols is 1. The van der Waals surface area contributed by atoms with Crippen molar-refractivity contribution in [2.24, 2.45) is 0 Å². The molecule has 2 N–H and O–H groups in total. The molecule has 8 nitrogen and oxygen atoms in total. The normalized spacial score (nSPS) is 10.7. The fourth-order valence-electron chi connectivity index (χ4n) is 3.05. The van der Waals surface area contributed by atoms with E-state index in [9.17, 15) is 9.90 Å². The molecule has 0 radical (unpaired) electrons. The van der Waals surface area contributed by atoms with Crippen LogP contribution in [-0.4, -0.2) is 43.1 Å². The first-order chi connectivity index (χ1) is 15.6. The lowest BCUT2D eigenvalue weighted by atomic mass is 10.2. The predicted octanol–water partition coefficient (Wildman–Crippen LogP) is 4.16. The molecule has 0 spiro atoms. The molecule has 0 saturated carbocycles. The number of carbonyl (C=O) groups excluding carboxylic acids is 1. The minimum absolute atomic E-state index is 0.0896. The number of aromatic nitrogens is 4. The largest absolute Gasteiger partial charge is 0.508 e. The molecule has 4 aromatic rings. The number of thioether (sulfide) groups is 1. The number of hydrogen-bond donors (Lipinski definition) is 2. The zero-order valence-electron chi connectivity index (χ0n) is 17.3. The second kappa shape index (κ2) is 9.97. The van der Waals surface area contributed by atoms with Gasteiger partial charge in [-0.3, -0.25) is 14.3 Å². The van der Waals surface area contributed by atoms with Crippen LogP contribution in [0.2, 0.25) is 0 Å². The number of phenolic OH excluding ortho intramolecular Hbond substituents is 1. The summed E-state index contributed by atoms with van der Waals surface area (Å²) in [7, 11) is 0. The molecule has 0 unspecified atom stereocenters. The number of pyridine rings is 1. The number of carbonyl (C=O) groups is 1. The van der Waals surface area contributed by atoms with Crippen LogP contribution in [0.25, 0.3) is 17.1 Å². The Bertz CT molecular complexity index is 1200. The summed E-state index contributed by atoms with van der Waals surface area (Å²) in [5.74, 6) is 1.39. The molecule has 2 aromatic carbocycles. The molecule has 1 amide bonds. The smallest absolute Gasteiger partial charge is 0.234 e. The Kier molecular flexibility index (Phi) is 6.66. The first-order valence-corrected chi connectivity index (χ1v) is 10.9. The number of rotatable bonds is 8. The van der Waals surface area contributed by atoms with Crippen LogP contribution >= 0.6 is 11.8 Å². The Labute approximate surface area is 189 Å². The quantitative estimate of drug-likeness (QED) is 0.391. The lowest BCUT2D eigenvalue weighted by Gasteiger charge is -2.11.